The minimum Gasteiger partial charge on any atom is -0.456 e. The summed E-state index contributed by atoms with van der Waals surface area (Å²) in [5.41, 5.74) is 0. The van der Waals surface area contributed by atoms with Gasteiger partial charge in [0, 0.05) is 12.8 Å². The summed E-state index contributed by atoms with van der Waals surface area (Å²) in [6, 6.07) is -0.868. The molecule has 1 amide bonds. The lowest BCUT2D eigenvalue weighted by molar-refractivity contribution is -0.870. The topological polar surface area (TPSA) is 111 Å². The van der Waals surface area contributed by atoms with E-state index in [-0.39, 0.29) is 31.5 Å². The molecule has 0 rings (SSSR count). The SMILES string of the molecule is CCCCC/C=C\C/C=C\C/C=C\C/C=C\CCCCCC(=O)NC(COP(=O)(O)OCC[N+](C)(C)C)C(/C=C/CCCCCCCCCCC)OC(=O)CCCCCCCCC/C=C/CCCCCCCC. The van der Waals surface area contributed by atoms with Gasteiger partial charge >= 0.3 is 13.8 Å². The van der Waals surface area contributed by atoms with Gasteiger partial charge in [0.2, 0.25) is 5.91 Å². The molecule has 424 valence electrons. The molecule has 0 aliphatic rings. The molecule has 10 heteroatoms. The minimum absolute atomic E-state index is 0.0309. The summed E-state index contributed by atoms with van der Waals surface area (Å²) < 4.78 is 30.6. The number of allylic oxidation sites excluding steroid dienone is 11. The number of unbranched alkanes of at least 4 members (excludes halogenated alkanes) is 28. The first kappa shape index (κ1) is 70.5. The lowest BCUT2D eigenvalue weighted by Gasteiger charge is -2.27. The van der Waals surface area contributed by atoms with Crippen molar-refractivity contribution >= 4 is 19.7 Å². The second kappa shape index (κ2) is 52.9. The number of ether oxygens (including phenoxy) is 1. The highest BCUT2D eigenvalue weighted by atomic mass is 31.2. The lowest BCUT2D eigenvalue weighted by Crippen LogP contribution is -2.47. The second-order valence-electron chi connectivity index (χ2n) is 21.5. The molecule has 0 fully saturated rings. The van der Waals surface area contributed by atoms with E-state index in [1.54, 1.807) is 0 Å². The molecular weight excluding hydrogens is 928 g/mol. The molecule has 0 saturated carbocycles. The zero-order chi connectivity index (χ0) is 53.6. The van der Waals surface area contributed by atoms with E-state index in [0.29, 0.717) is 23.9 Å². The van der Waals surface area contributed by atoms with Crippen LogP contribution in [0.25, 0.3) is 0 Å². The fourth-order valence-corrected chi connectivity index (χ4v) is 9.12. The van der Waals surface area contributed by atoms with Crippen LogP contribution in [0.5, 0.6) is 0 Å². The largest absolute Gasteiger partial charge is 0.472 e. The Morgan fingerprint density at radius 3 is 1.30 bits per heavy atom. The number of carbonyl (C=O) groups is 2. The molecule has 0 aliphatic heterocycles. The highest BCUT2D eigenvalue weighted by molar-refractivity contribution is 7.47. The third-order valence-corrected chi connectivity index (χ3v) is 14.1. The number of amides is 1. The van der Waals surface area contributed by atoms with Crippen molar-refractivity contribution < 1.29 is 37.3 Å². The highest BCUT2D eigenvalue weighted by Gasteiger charge is 2.30. The van der Waals surface area contributed by atoms with Crippen molar-refractivity contribution in [3.63, 3.8) is 0 Å². The van der Waals surface area contributed by atoms with E-state index in [2.05, 4.69) is 86.8 Å². The van der Waals surface area contributed by atoms with Crippen LogP contribution in [0.4, 0.5) is 0 Å². The van der Waals surface area contributed by atoms with E-state index in [1.165, 1.54) is 135 Å². The van der Waals surface area contributed by atoms with Gasteiger partial charge in [-0.2, -0.15) is 0 Å². The maximum atomic E-state index is 13.5. The number of nitrogens with one attached hydrogen (secondary N) is 1. The molecule has 2 N–H and O–H groups in total. The average Bonchev–Trinajstić information content (AvgIpc) is 3.35. The first-order valence-electron chi connectivity index (χ1n) is 30.3. The standard InChI is InChI=1S/C63H115N2O7P/c1-7-10-13-16-19-22-25-27-29-31-32-34-35-37-40-43-46-49-52-55-62(66)64-60(59-71-73(68,69)70-58-57-65(4,5)6)61(54-51-48-45-42-39-24-21-18-15-12-9-3)72-63(67)56-53-50-47-44-41-38-36-33-30-28-26-23-20-17-14-11-8-2/h19,22,27-30,32,34,37,40,51,54,60-61H,7-18,20-21,23-26,31,33,35-36,38-39,41-50,52-53,55-59H2,1-6H3,(H-,64,66,68,69)/p+1/b22-19-,29-27-,30-28+,34-32-,40-37-,54-51+. The second-order valence-corrected chi connectivity index (χ2v) is 23.0. The number of esters is 1. The van der Waals surface area contributed by atoms with Crippen molar-refractivity contribution in [2.75, 3.05) is 40.9 Å². The fraction of sp³-hybridized carbons (Fsp3) is 0.778. The van der Waals surface area contributed by atoms with Crippen LogP contribution in [0, 0.1) is 0 Å². The summed E-state index contributed by atoms with van der Waals surface area (Å²) >= 11 is 0. The van der Waals surface area contributed by atoms with Crippen molar-refractivity contribution in [3.05, 3.63) is 72.9 Å². The van der Waals surface area contributed by atoms with Crippen molar-refractivity contribution in [1.82, 2.24) is 5.32 Å². The molecular formula is C63H116N2O7P+. The lowest BCUT2D eigenvalue weighted by atomic mass is 10.1. The summed E-state index contributed by atoms with van der Waals surface area (Å²) in [6.45, 7) is 6.95. The fourth-order valence-electron chi connectivity index (χ4n) is 8.39. The molecule has 0 bridgehead atoms. The maximum Gasteiger partial charge on any atom is 0.472 e. The molecule has 3 unspecified atom stereocenters. The van der Waals surface area contributed by atoms with Gasteiger partial charge in [-0.25, -0.2) is 4.57 Å². The van der Waals surface area contributed by atoms with Gasteiger partial charge in [-0.05, 0) is 102 Å². The van der Waals surface area contributed by atoms with Crippen molar-refractivity contribution in [2.24, 2.45) is 0 Å². The van der Waals surface area contributed by atoms with Crippen LogP contribution in [-0.2, 0) is 27.9 Å². The number of rotatable bonds is 54. The van der Waals surface area contributed by atoms with E-state index in [0.717, 1.165) is 89.9 Å². The summed E-state index contributed by atoms with van der Waals surface area (Å²) in [6.07, 6.45) is 67.5. The Morgan fingerprint density at radius 1 is 0.479 bits per heavy atom. The van der Waals surface area contributed by atoms with Crippen LogP contribution in [0.1, 0.15) is 265 Å². The van der Waals surface area contributed by atoms with Crippen LogP contribution in [0.2, 0.25) is 0 Å². The normalized spacial score (nSPS) is 14.2. The van der Waals surface area contributed by atoms with Gasteiger partial charge in [0.1, 0.15) is 19.3 Å². The van der Waals surface area contributed by atoms with Gasteiger partial charge in [-0.3, -0.25) is 18.6 Å². The van der Waals surface area contributed by atoms with Crippen LogP contribution in [0.3, 0.4) is 0 Å². The molecule has 0 aromatic rings. The van der Waals surface area contributed by atoms with Crippen LogP contribution >= 0.6 is 7.82 Å². The number of quaternary nitrogens is 1. The molecule has 0 saturated heterocycles. The Bertz CT molecular complexity index is 1480. The van der Waals surface area contributed by atoms with E-state index in [4.69, 9.17) is 13.8 Å². The number of nitrogens with zero attached hydrogens (tertiary/aromatic N) is 1. The number of phosphoric acid groups is 1. The van der Waals surface area contributed by atoms with Crippen molar-refractivity contribution in [3.8, 4) is 0 Å². The minimum atomic E-state index is -4.46. The van der Waals surface area contributed by atoms with Crippen molar-refractivity contribution in [1.29, 1.82) is 0 Å². The van der Waals surface area contributed by atoms with Crippen LogP contribution in [0.15, 0.2) is 72.9 Å². The molecule has 0 aromatic carbocycles. The first-order chi connectivity index (χ1) is 35.4. The van der Waals surface area contributed by atoms with Gasteiger partial charge in [0.05, 0.1) is 33.8 Å². The molecule has 0 radical (unpaired) electrons. The number of hydrogen-bond acceptors (Lipinski definition) is 6. The molecule has 73 heavy (non-hydrogen) atoms. The monoisotopic (exact) mass is 1040 g/mol. The van der Waals surface area contributed by atoms with Gasteiger partial charge in [-0.1, -0.05) is 222 Å². The third kappa shape index (κ3) is 54.1. The zero-order valence-electron chi connectivity index (χ0n) is 48.4. The van der Waals surface area contributed by atoms with Gasteiger partial charge < -0.3 is 19.4 Å². The summed E-state index contributed by atoms with van der Waals surface area (Å²) in [4.78, 5) is 37.6. The Hall–Kier alpha value is -2.55. The Kier molecular flexibility index (Phi) is 51.0. The van der Waals surface area contributed by atoms with Gasteiger partial charge in [-0.15, -0.1) is 0 Å². The molecule has 0 spiro atoms. The summed E-state index contributed by atoms with van der Waals surface area (Å²) in [5, 5.41) is 3.03. The summed E-state index contributed by atoms with van der Waals surface area (Å²) in [5.74, 6) is -0.546. The molecule has 0 heterocycles. The number of likely N-dealkylation sites (N-methyl/N-ethyl adjacent to an activating group) is 1. The molecule has 3 atom stereocenters. The van der Waals surface area contributed by atoms with E-state index < -0.39 is 20.0 Å². The highest BCUT2D eigenvalue weighted by Crippen LogP contribution is 2.43. The van der Waals surface area contributed by atoms with Crippen LogP contribution in [-0.4, -0.2) is 74.3 Å². The molecule has 0 aliphatic carbocycles. The Morgan fingerprint density at radius 2 is 0.836 bits per heavy atom. The zero-order valence-corrected chi connectivity index (χ0v) is 49.3. The van der Waals surface area contributed by atoms with Gasteiger partial charge in [0.15, 0.2) is 0 Å². The molecule has 0 aromatic heterocycles. The Balaban J connectivity index is 5.33. The predicted molar refractivity (Wildman–Crippen MR) is 314 cm³/mol. The smallest absolute Gasteiger partial charge is 0.456 e. The maximum absolute atomic E-state index is 13.5. The van der Waals surface area contributed by atoms with Crippen molar-refractivity contribution in [2.45, 2.75) is 277 Å². The van der Waals surface area contributed by atoms with E-state index in [9.17, 15) is 19.0 Å². The van der Waals surface area contributed by atoms with E-state index in [1.807, 2.05) is 33.3 Å². The van der Waals surface area contributed by atoms with E-state index >= 15 is 0 Å². The first-order valence-corrected chi connectivity index (χ1v) is 31.8. The molecule has 9 nitrogen and oxygen atoms in total. The average molecular weight is 1040 g/mol. The summed E-state index contributed by atoms with van der Waals surface area (Å²) in [7, 11) is 1.47. The van der Waals surface area contributed by atoms with Crippen LogP contribution < -0.4 is 5.32 Å². The Labute approximate surface area is 451 Å². The van der Waals surface area contributed by atoms with Gasteiger partial charge in [0.25, 0.3) is 0 Å². The third-order valence-electron chi connectivity index (χ3n) is 13.1. The number of phosphoric ester groups is 1. The predicted octanol–water partition coefficient (Wildman–Crippen LogP) is 18.4. The quantitative estimate of drug-likeness (QED) is 0.0205. The number of hydrogen-bond donors (Lipinski definition) is 2. The number of carbonyl (C=O) groups excluding carboxylic acids is 2.